The van der Waals surface area contributed by atoms with Crippen LogP contribution in [0.3, 0.4) is 0 Å². The average Bonchev–Trinajstić information content (AvgIpc) is 4.29. The van der Waals surface area contributed by atoms with Crippen LogP contribution in [0.1, 0.15) is 112 Å². The van der Waals surface area contributed by atoms with Gasteiger partial charge >= 0.3 is 0 Å². The summed E-state index contributed by atoms with van der Waals surface area (Å²) >= 11 is 0. The lowest BCUT2D eigenvalue weighted by Crippen LogP contribution is -2.45. The zero-order valence-electron chi connectivity index (χ0n) is 40.9. The van der Waals surface area contributed by atoms with Crippen LogP contribution in [0.5, 0.6) is 0 Å². The summed E-state index contributed by atoms with van der Waals surface area (Å²) in [5.41, 5.74) is 15.3. The van der Waals surface area contributed by atoms with Gasteiger partial charge in [0.2, 0.25) is 19.1 Å². The third-order valence-electron chi connectivity index (χ3n) is 16.5. The molecular formula is C56H61ClF2N6O6S2. The van der Waals surface area contributed by atoms with E-state index in [0.29, 0.717) is 50.6 Å². The van der Waals surface area contributed by atoms with Gasteiger partial charge in [0.05, 0.1) is 62.5 Å². The second kappa shape index (κ2) is 19.2. The molecule has 4 atom stereocenters. The van der Waals surface area contributed by atoms with E-state index >= 15 is 0 Å². The van der Waals surface area contributed by atoms with Crippen molar-refractivity contribution >= 4 is 53.3 Å². The van der Waals surface area contributed by atoms with E-state index in [1.54, 1.807) is 30.3 Å². The van der Waals surface area contributed by atoms with Gasteiger partial charge in [-0.3, -0.25) is 4.72 Å². The summed E-state index contributed by atoms with van der Waals surface area (Å²) in [6.45, 7) is 4.31. The van der Waals surface area contributed by atoms with E-state index in [1.807, 2.05) is 64.2 Å². The van der Waals surface area contributed by atoms with Crippen LogP contribution in [0, 0.1) is 22.5 Å². The van der Waals surface area contributed by atoms with Crippen molar-refractivity contribution in [3.8, 4) is 11.4 Å². The maximum atomic E-state index is 13.4. The van der Waals surface area contributed by atoms with Gasteiger partial charge in [0.15, 0.2) is 0 Å². The number of halogens is 3. The Kier molecular flexibility index (Phi) is 13.4. The summed E-state index contributed by atoms with van der Waals surface area (Å²) in [5.74, 6) is -0.543. The minimum Gasteiger partial charge on any atom is -0.399 e. The summed E-state index contributed by atoms with van der Waals surface area (Å²) in [5, 5.41) is 32.3. The monoisotopic (exact) mass is 1050 g/mol. The number of para-hydroxylation sites is 2. The Morgan fingerprint density at radius 2 is 1.10 bits per heavy atom. The zero-order chi connectivity index (χ0) is 51.6. The van der Waals surface area contributed by atoms with Gasteiger partial charge < -0.3 is 15.9 Å². The van der Waals surface area contributed by atoms with Crippen LogP contribution in [0.25, 0.3) is 23.5 Å². The molecule has 0 radical (unpaired) electrons. The molecule has 6 aliphatic rings. The van der Waals surface area contributed by atoms with Crippen LogP contribution in [0.15, 0.2) is 121 Å². The molecule has 0 amide bonds. The van der Waals surface area contributed by atoms with Crippen LogP contribution < -0.4 is 10.5 Å². The number of nitrogens with two attached hydrogens (primary N) is 1. The molecule has 0 saturated heterocycles. The molecule has 6 aromatic rings. The van der Waals surface area contributed by atoms with Gasteiger partial charge in [0, 0.05) is 27.2 Å². The first-order valence-electron chi connectivity index (χ1n) is 25.1. The number of aliphatic hydroxyl groups is 2. The molecule has 2 heterocycles. The maximum Gasteiger partial charge on any atom is 0.235 e. The maximum absolute atomic E-state index is 13.4. The summed E-state index contributed by atoms with van der Waals surface area (Å²) < 4.78 is 78.6. The third kappa shape index (κ3) is 10.0. The number of nitrogens with zero attached hydrogens (tertiary/aromatic N) is 4. The quantitative estimate of drug-likeness (QED) is 0.0685. The fraction of sp³-hybridized carbons (Fsp3) is 0.393. The highest BCUT2D eigenvalue weighted by atomic mass is 35.7. The minimum absolute atomic E-state index is 0.214. The van der Waals surface area contributed by atoms with Gasteiger partial charge in [-0.2, -0.15) is 10.2 Å². The first kappa shape index (κ1) is 50.9. The zero-order valence-corrected chi connectivity index (χ0v) is 43.3. The number of nitrogen functional groups attached to an aromatic ring is 1. The number of benzene rings is 4. The molecule has 384 valence electrons. The fourth-order valence-corrected chi connectivity index (χ4v) is 14.1. The van der Waals surface area contributed by atoms with Crippen LogP contribution in [0.2, 0.25) is 0 Å². The number of anilines is 2. The topological polar surface area (TPSA) is 182 Å². The summed E-state index contributed by atoms with van der Waals surface area (Å²) in [6.07, 6.45) is 18.0. The number of fused-ring (bicyclic) bond motifs is 4. The molecule has 4 fully saturated rings. The fourth-order valence-electron chi connectivity index (χ4n) is 11.5. The number of hydrogen-bond donors (Lipinski definition) is 4. The number of hydrogen-bond acceptors (Lipinski definition) is 9. The molecule has 2 aromatic heterocycles. The molecular weight excluding hydrogens is 990 g/mol. The molecule has 5 N–H and O–H groups in total. The van der Waals surface area contributed by atoms with E-state index in [-0.39, 0.29) is 27.5 Å². The van der Waals surface area contributed by atoms with E-state index < -0.39 is 35.7 Å². The SMILES string of the molecule is C[C@]12Cc3cnn(-c4ccc(F)cc4)c3C=C1CC[C@@]2(O)CCc1ccccc1N.C[C@]12Cc3cnn(-c4ccc(F)cc4)c3C=C1CC[C@@]2(O)CCc1ccccc1NS(=O)(=O)C1CC1.O=S(=O)(Cl)C1CC1. The lowest BCUT2D eigenvalue weighted by Gasteiger charge is -2.42. The highest BCUT2D eigenvalue weighted by Gasteiger charge is 2.56. The Morgan fingerprint density at radius 3 is 1.53 bits per heavy atom. The summed E-state index contributed by atoms with van der Waals surface area (Å²) in [4.78, 5) is 0. The van der Waals surface area contributed by atoms with Crippen LogP contribution in [-0.2, 0) is 44.8 Å². The smallest absolute Gasteiger partial charge is 0.235 e. The number of aryl methyl sites for hydroxylation is 2. The van der Waals surface area contributed by atoms with Gasteiger partial charge in [-0.1, -0.05) is 61.4 Å². The molecule has 0 unspecified atom stereocenters. The highest BCUT2D eigenvalue weighted by molar-refractivity contribution is 8.14. The Hall–Kier alpha value is -5.65. The largest absolute Gasteiger partial charge is 0.399 e. The summed E-state index contributed by atoms with van der Waals surface area (Å²) in [6, 6.07) is 28.1. The normalized spacial score (nSPS) is 24.9. The van der Waals surface area contributed by atoms with Crippen molar-refractivity contribution in [2.45, 2.75) is 125 Å². The lowest BCUT2D eigenvalue weighted by atomic mass is 9.65. The highest BCUT2D eigenvalue weighted by Crippen LogP contribution is 2.58. The lowest BCUT2D eigenvalue weighted by molar-refractivity contribution is -0.0463. The van der Waals surface area contributed by atoms with E-state index in [1.165, 1.54) is 35.4 Å². The van der Waals surface area contributed by atoms with Crippen molar-refractivity contribution in [2.75, 3.05) is 10.5 Å². The van der Waals surface area contributed by atoms with E-state index in [0.717, 1.165) is 95.6 Å². The average molecular weight is 1050 g/mol. The molecule has 4 aromatic carbocycles. The van der Waals surface area contributed by atoms with Gasteiger partial charge in [0.25, 0.3) is 0 Å². The molecule has 17 heteroatoms. The minimum atomic E-state index is -3.35. The van der Waals surface area contributed by atoms with Crippen molar-refractivity contribution in [1.29, 1.82) is 0 Å². The number of aromatic nitrogens is 4. The molecule has 4 saturated carbocycles. The molecule has 12 rings (SSSR count). The number of nitrogens with one attached hydrogen (secondary N) is 1. The van der Waals surface area contributed by atoms with Crippen molar-refractivity contribution in [2.24, 2.45) is 10.8 Å². The summed E-state index contributed by atoms with van der Waals surface area (Å²) in [7, 11) is -1.61. The van der Waals surface area contributed by atoms with E-state index in [4.69, 9.17) is 16.4 Å². The molecule has 0 spiro atoms. The van der Waals surface area contributed by atoms with E-state index in [9.17, 15) is 35.8 Å². The van der Waals surface area contributed by atoms with Crippen molar-refractivity contribution in [1.82, 2.24) is 19.6 Å². The van der Waals surface area contributed by atoms with Crippen molar-refractivity contribution < 1.29 is 35.8 Å². The standard InChI is InChI=1S/C28H30FN3O3S.C25H26FN3O.C3H5ClO2S/c1-27-17-20-18-30-32(23-8-6-22(29)7-9-23)26(20)16-21(27)13-15-28(27,33)14-12-19-4-2-3-5-25(19)31-36(34,35)24-10-11-24;1-24-15-18-16-28-29(21-8-6-20(26)7-9-21)23(18)14-19(24)11-13-25(24,30)12-10-17-4-2-3-5-22(17)27;4-7(5,6)3-1-2-3/h2-9,16,18,24,31,33H,10-15,17H2,1H3;2-9,14,16,30H,10-13,15,27H2,1H3;3H,1-2H2/t27-,28-;24-,25-;/m00./s1. The molecule has 0 aliphatic heterocycles. The van der Waals surface area contributed by atoms with Gasteiger partial charge in [-0.15, -0.1) is 0 Å². The molecule has 12 nitrogen and oxygen atoms in total. The Balaban J connectivity index is 0.000000149. The van der Waals surface area contributed by atoms with Crippen LogP contribution >= 0.6 is 10.7 Å². The molecule has 0 bridgehead atoms. The Morgan fingerprint density at radius 1 is 0.658 bits per heavy atom. The van der Waals surface area contributed by atoms with Crippen molar-refractivity contribution in [3.63, 3.8) is 0 Å². The molecule has 73 heavy (non-hydrogen) atoms. The molecule has 6 aliphatic carbocycles. The van der Waals surface area contributed by atoms with E-state index in [2.05, 4.69) is 40.9 Å². The Labute approximate surface area is 430 Å². The predicted octanol–water partition coefficient (Wildman–Crippen LogP) is 10.4. The first-order chi connectivity index (χ1) is 34.7. The second-order valence-electron chi connectivity index (χ2n) is 21.2. The van der Waals surface area contributed by atoms with Gasteiger partial charge in [0.1, 0.15) is 11.6 Å². The number of rotatable bonds is 12. The predicted molar refractivity (Wildman–Crippen MR) is 282 cm³/mol. The number of sulfonamides is 1. The van der Waals surface area contributed by atoms with Crippen LogP contribution in [-0.4, -0.2) is 68.3 Å². The van der Waals surface area contributed by atoms with Gasteiger partial charge in [-0.25, -0.2) is 35.0 Å². The Bertz CT molecular complexity index is 3350. The van der Waals surface area contributed by atoms with Crippen LogP contribution in [0.4, 0.5) is 20.2 Å². The second-order valence-corrected chi connectivity index (χ2v) is 26.1. The first-order valence-corrected chi connectivity index (χ1v) is 29.0. The third-order valence-corrected chi connectivity index (χ3v) is 20.4. The van der Waals surface area contributed by atoms with Crippen molar-refractivity contribution in [3.05, 3.63) is 166 Å². The van der Waals surface area contributed by atoms with Gasteiger partial charge in [-0.05, 0) is 185 Å².